The average Bonchev–Trinajstić information content (AvgIpc) is 2.82. The SMILES string of the molecule is CC(C)(C)NC(=O)[C@H](Cc1ccccc1)N(Cc1c(Cl)cccc1Cl)C(=O)COc1ccc(Cl)cc1. The Morgan fingerprint density at radius 3 is 2.08 bits per heavy atom. The smallest absolute Gasteiger partial charge is 0.261 e. The van der Waals surface area contributed by atoms with Crippen molar-refractivity contribution in [2.45, 2.75) is 45.3 Å². The molecule has 0 aliphatic carbocycles. The van der Waals surface area contributed by atoms with Crippen LogP contribution in [0.4, 0.5) is 0 Å². The van der Waals surface area contributed by atoms with Crippen LogP contribution in [0.25, 0.3) is 0 Å². The molecule has 0 saturated carbocycles. The minimum absolute atomic E-state index is 0.0381. The lowest BCUT2D eigenvalue weighted by molar-refractivity contribution is -0.143. The monoisotopic (exact) mass is 546 g/mol. The first-order chi connectivity index (χ1) is 17.0. The molecule has 0 spiro atoms. The van der Waals surface area contributed by atoms with Crippen LogP contribution in [0.2, 0.25) is 15.1 Å². The summed E-state index contributed by atoms with van der Waals surface area (Å²) < 4.78 is 5.74. The third-order valence-electron chi connectivity index (χ3n) is 5.34. The topological polar surface area (TPSA) is 58.6 Å². The molecule has 8 heteroatoms. The summed E-state index contributed by atoms with van der Waals surface area (Å²) in [6.07, 6.45) is 0.303. The Morgan fingerprint density at radius 2 is 1.50 bits per heavy atom. The van der Waals surface area contributed by atoms with Gasteiger partial charge in [-0.05, 0) is 62.7 Å². The minimum Gasteiger partial charge on any atom is -0.484 e. The van der Waals surface area contributed by atoms with Crippen molar-refractivity contribution in [2.75, 3.05) is 6.61 Å². The van der Waals surface area contributed by atoms with Gasteiger partial charge in [-0.1, -0.05) is 71.2 Å². The van der Waals surface area contributed by atoms with Gasteiger partial charge in [0.25, 0.3) is 5.91 Å². The molecule has 5 nitrogen and oxygen atoms in total. The predicted octanol–water partition coefficient (Wildman–Crippen LogP) is 6.58. The lowest BCUT2D eigenvalue weighted by Crippen LogP contribution is -2.55. The number of nitrogens with zero attached hydrogens (tertiary/aromatic N) is 1. The van der Waals surface area contributed by atoms with Crippen molar-refractivity contribution >= 4 is 46.6 Å². The summed E-state index contributed by atoms with van der Waals surface area (Å²) in [7, 11) is 0. The number of amides is 2. The summed E-state index contributed by atoms with van der Waals surface area (Å²) in [6, 6.07) is 20.6. The van der Waals surface area contributed by atoms with Crippen LogP contribution in [-0.4, -0.2) is 34.9 Å². The zero-order valence-electron chi connectivity index (χ0n) is 20.4. The van der Waals surface area contributed by atoms with Gasteiger partial charge in [-0.2, -0.15) is 0 Å². The standard InChI is InChI=1S/C28H29Cl3N2O3/c1-28(2,3)32-27(35)25(16-19-8-5-4-6-9-19)33(17-22-23(30)10-7-11-24(22)31)26(34)18-36-21-14-12-20(29)13-15-21/h4-15,25H,16-18H2,1-3H3,(H,32,35)/t25-/m0/s1. The van der Waals surface area contributed by atoms with Gasteiger partial charge in [0.2, 0.25) is 5.91 Å². The first kappa shape index (κ1) is 27.9. The van der Waals surface area contributed by atoms with Crippen molar-refractivity contribution < 1.29 is 14.3 Å². The van der Waals surface area contributed by atoms with E-state index in [0.29, 0.717) is 32.8 Å². The Hall–Kier alpha value is -2.73. The number of hydrogen-bond acceptors (Lipinski definition) is 3. The Balaban J connectivity index is 1.97. The fourth-order valence-electron chi connectivity index (χ4n) is 3.62. The fourth-order valence-corrected chi connectivity index (χ4v) is 4.26. The second-order valence-corrected chi connectivity index (χ2v) is 10.7. The minimum atomic E-state index is -0.833. The predicted molar refractivity (Wildman–Crippen MR) is 146 cm³/mol. The maximum atomic E-state index is 13.6. The number of ether oxygens (including phenoxy) is 1. The number of halogens is 3. The molecule has 0 aromatic heterocycles. The number of carbonyl (C=O) groups is 2. The van der Waals surface area contributed by atoms with E-state index in [1.165, 1.54) is 4.90 Å². The van der Waals surface area contributed by atoms with Crippen LogP contribution < -0.4 is 10.1 Å². The molecule has 0 aliphatic heterocycles. The Labute approximate surface area is 227 Å². The normalized spacial score (nSPS) is 12.1. The molecule has 0 saturated heterocycles. The quantitative estimate of drug-likeness (QED) is 0.329. The molecule has 0 radical (unpaired) electrons. The van der Waals surface area contributed by atoms with E-state index >= 15 is 0 Å². The van der Waals surface area contributed by atoms with Crippen LogP contribution in [0.1, 0.15) is 31.9 Å². The van der Waals surface area contributed by atoms with Gasteiger partial charge in [0.05, 0.1) is 0 Å². The Morgan fingerprint density at radius 1 is 0.889 bits per heavy atom. The van der Waals surface area contributed by atoms with Crippen LogP contribution in [0.15, 0.2) is 72.8 Å². The second kappa shape index (κ2) is 12.5. The van der Waals surface area contributed by atoms with Gasteiger partial charge in [0.1, 0.15) is 11.8 Å². The Bertz CT molecular complexity index is 1160. The zero-order valence-corrected chi connectivity index (χ0v) is 22.7. The molecule has 0 aliphatic rings. The first-order valence-electron chi connectivity index (χ1n) is 11.5. The lowest BCUT2D eigenvalue weighted by Gasteiger charge is -2.34. The number of carbonyl (C=O) groups excluding carboxylic acids is 2. The molecule has 190 valence electrons. The molecule has 36 heavy (non-hydrogen) atoms. The van der Waals surface area contributed by atoms with Crippen molar-refractivity contribution in [1.29, 1.82) is 0 Å². The van der Waals surface area contributed by atoms with E-state index in [4.69, 9.17) is 39.5 Å². The van der Waals surface area contributed by atoms with Gasteiger partial charge in [0.15, 0.2) is 6.61 Å². The van der Waals surface area contributed by atoms with E-state index in [0.717, 1.165) is 5.56 Å². The van der Waals surface area contributed by atoms with Crippen LogP contribution in [0.3, 0.4) is 0 Å². The molecule has 3 aromatic carbocycles. The van der Waals surface area contributed by atoms with E-state index in [2.05, 4.69) is 5.32 Å². The summed E-state index contributed by atoms with van der Waals surface area (Å²) in [4.78, 5) is 28.7. The van der Waals surface area contributed by atoms with E-state index in [-0.39, 0.29) is 25.0 Å². The highest BCUT2D eigenvalue weighted by Gasteiger charge is 2.33. The molecule has 0 unspecified atom stereocenters. The number of hydrogen-bond donors (Lipinski definition) is 1. The van der Waals surface area contributed by atoms with Crippen molar-refractivity contribution in [1.82, 2.24) is 10.2 Å². The maximum absolute atomic E-state index is 13.6. The van der Waals surface area contributed by atoms with E-state index in [1.54, 1.807) is 42.5 Å². The van der Waals surface area contributed by atoms with Crippen LogP contribution in [0, 0.1) is 0 Å². The highest BCUT2D eigenvalue weighted by molar-refractivity contribution is 6.36. The molecular formula is C28H29Cl3N2O3. The molecule has 3 rings (SSSR count). The largest absolute Gasteiger partial charge is 0.484 e. The van der Waals surface area contributed by atoms with Gasteiger partial charge in [-0.3, -0.25) is 9.59 Å². The summed E-state index contributed by atoms with van der Waals surface area (Å²) >= 11 is 18.9. The van der Waals surface area contributed by atoms with Gasteiger partial charge in [0, 0.05) is 39.1 Å². The van der Waals surface area contributed by atoms with E-state index in [1.807, 2.05) is 51.1 Å². The van der Waals surface area contributed by atoms with Crippen molar-refractivity contribution in [3.8, 4) is 5.75 Å². The fraction of sp³-hybridized carbons (Fsp3) is 0.286. The molecule has 2 amide bonds. The lowest BCUT2D eigenvalue weighted by atomic mass is 10.0. The molecule has 3 aromatic rings. The highest BCUT2D eigenvalue weighted by Crippen LogP contribution is 2.27. The van der Waals surface area contributed by atoms with E-state index in [9.17, 15) is 9.59 Å². The molecule has 1 atom stereocenters. The van der Waals surface area contributed by atoms with Gasteiger partial charge in [-0.25, -0.2) is 0 Å². The molecule has 0 fully saturated rings. The van der Waals surface area contributed by atoms with Crippen molar-refractivity contribution in [3.63, 3.8) is 0 Å². The number of nitrogens with one attached hydrogen (secondary N) is 1. The first-order valence-corrected chi connectivity index (χ1v) is 12.6. The molecule has 0 heterocycles. The van der Waals surface area contributed by atoms with Crippen LogP contribution in [-0.2, 0) is 22.6 Å². The molecular weight excluding hydrogens is 519 g/mol. The van der Waals surface area contributed by atoms with Crippen LogP contribution >= 0.6 is 34.8 Å². The number of rotatable bonds is 9. The van der Waals surface area contributed by atoms with Crippen LogP contribution in [0.5, 0.6) is 5.75 Å². The zero-order chi connectivity index (χ0) is 26.3. The molecule has 0 bridgehead atoms. The molecule has 1 N–H and O–H groups in total. The van der Waals surface area contributed by atoms with Crippen molar-refractivity contribution in [3.05, 3.63) is 99.0 Å². The number of benzene rings is 3. The Kier molecular flexibility index (Phi) is 9.66. The second-order valence-electron chi connectivity index (χ2n) is 9.41. The summed E-state index contributed by atoms with van der Waals surface area (Å²) in [5, 5.41) is 4.40. The third-order valence-corrected chi connectivity index (χ3v) is 6.30. The van der Waals surface area contributed by atoms with E-state index < -0.39 is 11.6 Å². The summed E-state index contributed by atoms with van der Waals surface area (Å²) in [6.45, 7) is 5.44. The summed E-state index contributed by atoms with van der Waals surface area (Å²) in [5.41, 5.74) is 0.971. The van der Waals surface area contributed by atoms with Gasteiger partial charge >= 0.3 is 0 Å². The van der Waals surface area contributed by atoms with Gasteiger partial charge < -0.3 is 15.0 Å². The van der Waals surface area contributed by atoms with Crippen molar-refractivity contribution in [2.24, 2.45) is 0 Å². The highest BCUT2D eigenvalue weighted by atomic mass is 35.5. The summed E-state index contributed by atoms with van der Waals surface area (Å²) in [5.74, 6) is -0.178. The maximum Gasteiger partial charge on any atom is 0.261 e. The third kappa shape index (κ3) is 8.16. The van der Waals surface area contributed by atoms with Gasteiger partial charge in [-0.15, -0.1) is 0 Å². The average molecular weight is 548 g/mol.